The molecule has 1 atom stereocenters. The molecule has 6 nitrogen and oxygen atoms in total. The van der Waals surface area contributed by atoms with Crippen LogP contribution in [0.25, 0.3) is 11.0 Å². The van der Waals surface area contributed by atoms with Gasteiger partial charge in [-0.05, 0) is 31.5 Å². The maximum Gasteiger partial charge on any atom is 0.234 e. The molecule has 1 saturated heterocycles. The maximum absolute atomic E-state index is 11.9. The molecule has 0 bridgehead atoms. The Balaban J connectivity index is 1.58. The molecule has 6 heteroatoms. The summed E-state index contributed by atoms with van der Waals surface area (Å²) in [5.74, 6) is 1.46. The SMILES string of the molecule is COCCNC(=O)CN1CCCC(c2nc3ccccc3[nH]2)C1. The van der Waals surface area contributed by atoms with Crippen LogP contribution in [0.5, 0.6) is 0 Å². The number of carbonyl (C=O) groups is 1. The van der Waals surface area contributed by atoms with Gasteiger partial charge in [0.15, 0.2) is 0 Å². The molecule has 23 heavy (non-hydrogen) atoms. The summed E-state index contributed by atoms with van der Waals surface area (Å²) in [6.45, 7) is 3.40. The van der Waals surface area contributed by atoms with E-state index in [4.69, 9.17) is 9.72 Å². The first-order valence-electron chi connectivity index (χ1n) is 8.19. The summed E-state index contributed by atoms with van der Waals surface area (Å²) in [5, 5.41) is 2.88. The molecule has 1 aliphatic heterocycles. The third kappa shape index (κ3) is 4.09. The highest BCUT2D eigenvalue weighted by Gasteiger charge is 2.24. The van der Waals surface area contributed by atoms with Crippen LogP contribution in [0.1, 0.15) is 24.6 Å². The molecule has 2 heterocycles. The second kappa shape index (κ2) is 7.57. The maximum atomic E-state index is 11.9. The van der Waals surface area contributed by atoms with Crippen LogP contribution in [0.2, 0.25) is 0 Å². The van der Waals surface area contributed by atoms with Gasteiger partial charge in [-0.1, -0.05) is 12.1 Å². The zero-order valence-electron chi connectivity index (χ0n) is 13.5. The number of benzene rings is 1. The van der Waals surface area contributed by atoms with Crippen molar-refractivity contribution in [2.24, 2.45) is 0 Å². The number of H-pyrrole nitrogens is 1. The van der Waals surface area contributed by atoms with Gasteiger partial charge in [0.25, 0.3) is 0 Å². The lowest BCUT2D eigenvalue weighted by Crippen LogP contribution is -2.42. The molecule has 1 aromatic heterocycles. The van der Waals surface area contributed by atoms with E-state index in [9.17, 15) is 4.79 Å². The van der Waals surface area contributed by atoms with Gasteiger partial charge in [0.1, 0.15) is 5.82 Å². The van der Waals surface area contributed by atoms with Gasteiger partial charge in [-0.2, -0.15) is 0 Å². The average Bonchev–Trinajstić information content (AvgIpc) is 2.99. The van der Waals surface area contributed by atoms with Crippen molar-refractivity contribution in [1.29, 1.82) is 0 Å². The van der Waals surface area contributed by atoms with E-state index in [-0.39, 0.29) is 5.91 Å². The number of para-hydroxylation sites is 2. The van der Waals surface area contributed by atoms with Crippen molar-refractivity contribution in [3.05, 3.63) is 30.1 Å². The molecular weight excluding hydrogens is 292 g/mol. The predicted molar refractivity (Wildman–Crippen MR) is 89.4 cm³/mol. The molecule has 0 aliphatic carbocycles. The topological polar surface area (TPSA) is 70.2 Å². The number of aromatic amines is 1. The van der Waals surface area contributed by atoms with Gasteiger partial charge in [0.05, 0.1) is 24.2 Å². The van der Waals surface area contributed by atoms with Crippen molar-refractivity contribution in [1.82, 2.24) is 20.2 Å². The molecule has 1 aromatic carbocycles. The van der Waals surface area contributed by atoms with Crippen LogP contribution < -0.4 is 5.32 Å². The van der Waals surface area contributed by atoms with Gasteiger partial charge in [0, 0.05) is 26.1 Å². The fourth-order valence-corrected chi connectivity index (χ4v) is 3.14. The number of methoxy groups -OCH3 is 1. The van der Waals surface area contributed by atoms with Crippen LogP contribution >= 0.6 is 0 Å². The Morgan fingerprint density at radius 2 is 2.35 bits per heavy atom. The Morgan fingerprint density at radius 1 is 1.48 bits per heavy atom. The second-order valence-corrected chi connectivity index (χ2v) is 6.06. The van der Waals surface area contributed by atoms with Crippen molar-refractivity contribution in [3.63, 3.8) is 0 Å². The summed E-state index contributed by atoms with van der Waals surface area (Å²) in [6.07, 6.45) is 2.20. The normalized spacial score (nSPS) is 19.1. The molecule has 1 unspecified atom stereocenters. The molecule has 3 rings (SSSR count). The first-order valence-corrected chi connectivity index (χ1v) is 8.19. The van der Waals surface area contributed by atoms with E-state index in [2.05, 4.69) is 21.3 Å². The Bertz CT molecular complexity index is 622. The number of aromatic nitrogens is 2. The number of hydrogen-bond acceptors (Lipinski definition) is 4. The first kappa shape index (κ1) is 16.0. The van der Waals surface area contributed by atoms with Gasteiger partial charge < -0.3 is 15.0 Å². The number of piperidine rings is 1. The highest BCUT2D eigenvalue weighted by Crippen LogP contribution is 2.26. The summed E-state index contributed by atoms with van der Waals surface area (Å²) >= 11 is 0. The third-order valence-corrected chi connectivity index (χ3v) is 4.30. The Labute approximate surface area is 136 Å². The van der Waals surface area contributed by atoms with Gasteiger partial charge in [0.2, 0.25) is 5.91 Å². The predicted octanol–water partition coefficient (Wildman–Crippen LogP) is 1.50. The number of amides is 1. The quantitative estimate of drug-likeness (QED) is 0.793. The first-order chi connectivity index (χ1) is 11.3. The lowest BCUT2D eigenvalue weighted by molar-refractivity contribution is -0.122. The van der Waals surface area contributed by atoms with Gasteiger partial charge in [-0.15, -0.1) is 0 Å². The highest BCUT2D eigenvalue weighted by atomic mass is 16.5. The van der Waals surface area contributed by atoms with Crippen molar-refractivity contribution in [2.75, 3.05) is 39.9 Å². The molecule has 1 amide bonds. The van der Waals surface area contributed by atoms with Crippen LogP contribution in [0, 0.1) is 0 Å². The van der Waals surface area contributed by atoms with E-state index in [1.54, 1.807) is 7.11 Å². The number of likely N-dealkylation sites (tertiary alicyclic amines) is 1. The average molecular weight is 316 g/mol. The summed E-state index contributed by atoms with van der Waals surface area (Å²) in [7, 11) is 1.63. The minimum atomic E-state index is 0.0623. The van der Waals surface area contributed by atoms with Gasteiger partial charge >= 0.3 is 0 Å². The molecular formula is C17H24N4O2. The summed E-state index contributed by atoms with van der Waals surface area (Å²) < 4.78 is 4.95. The van der Waals surface area contributed by atoms with Crippen LogP contribution in [0.3, 0.4) is 0 Å². The third-order valence-electron chi connectivity index (χ3n) is 4.30. The summed E-state index contributed by atoms with van der Waals surface area (Å²) in [5.41, 5.74) is 2.09. The zero-order chi connectivity index (χ0) is 16.1. The fraction of sp³-hybridized carbons (Fsp3) is 0.529. The molecule has 0 spiro atoms. The number of rotatable bonds is 6. The van der Waals surface area contributed by atoms with E-state index in [0.717, 1.165) is 42.8 Å². The monoisotopic (exact) mass is 316 g/mol. The van der Waals surface area contributed by atoms with Crippen molar-refractivity contribution in [3.8, 4) is 0 Å². The number of nitrogens with one attached hydrogen (secondary N) is 2. The Morgan fingerprint density at radius 3 is 3.17 bits per heavy atom. The summed E-state index contributed by atoms with van der Waals surface area (Å²) in [6, 6.07) is 8.10. The molecule has 0 radical (unpaired) electrons. The zero-order valence-corrected chi connectivity index (χ0v) is 13.5. The lowest BCUT2D eigenvalue weighted by Gasteiger charge is -2.31. The summed E-state index contributed by atoms with van der Waals surface area (Å²) in [4.78, 5) is 22.3. The molecule has 0 saturated carbocycles. The van der Waals surface area contributed by atoms with Crippen LogP contribution in [-0.4, -0.2) is 60.7 Å². The van der Waals surface area contributed by atoms with Gasteiger partial charge in [-0.25, -0.2) is 4.98 Å². The minimum Gasteiger partial charge on any atom is -0.383 e. The smallest absolute Gasteiger partial charge is 0.234 e. The van der Waals surface area contributed by atoms with Crippen LogP contribution in [0.4, 0.5) is 0 Å². The Hall–Kier alpha value is -1.92. The minimum absolute atomic E-state index is 0.0623. The highest BCUT2D eigenvalue weighted by molar-refractivity contribution is 5.78. The molecule has 1 aliphatic rings. The van der Waals surface area contributed by atoms with Crippen molar-refractivity contribution in [2.45, 2.75) is 18.8 Å². The van der Waals surface area contributed by atoms with Crippen LogP contribution in [-0.2, 0) is 9.53 Å². The molecule has 124 valence electrons. The number of fused-ring (bicyclic) bond motifs is 1. The number of imidazole rings is 1. The number of ether oxygens (including phenoxy) is 1. The standard InChI is InChI=1S/C17H24N4O2/c1-23-10-8-18-16(22)12-21-9-4-5-13(11-21)17-19-14-6-2-3-7-15(14)20-17/h2-3,6-7,13H,4-5,8-12H2,1H3,(H,18,22)(H,19,20). The van der Waals surface area contributed by atoms with Crippen molar-refractivity contribution < 1.29 is 9.53 Å². The number of nitrogens with zero attached hydrogens (tertiary/aromatic N) is 2. The Kier molecular flexibility index (Phi) is 5.25. The second-order valence-electron chi connectivity index (χ2n) is 6.06. The van der Waals surface area contributed by atoms with E-state index in [1.807, 2.05) is 18.2 Å². The lowest BCUT2D eigenvalue weighted by atomic mass is 9.97. The largest absolute Gasteiger partial charge is 0.383 e. The van der Waals surface area contributed by atoms with E-state index in [1.165, 1.54) is 0 Å². The van der Waals surface area contributed by atoms with E-state index in [0.29, 0.717) is 25.6 Å². The van der Waals surface area contributed by atoms with Crippen molar-refractivity contribution >= 4 is 16.9 Å². The van der Waals surface area contributed by atoms with E-state index >= 15 is 0 Å². The fourth-order valence-electron chi connectivity index (χ4n) is 3.14. The van der Waals surface area contributed by atoms with Crippen LogP contribution in [0.15, 0.2) is 24.3 Å². The molecule has 2 aromatic rings. The van der Waals surface area contributed by atoms with E-state index < -0.39 is 0 Å². The molecule has 2 N–H and O–H groups in total. The molecule has 1 fully saturated rings. The van der Waals surface area contributed by atoms with Gasteiger partial charge in [-0.3, -0.25) is 9.69 Å². The number of carbonyl (C=O) groups excluding carboxylic acids is 1. The number of hydrogen-bond donors (Lipinski definition) is 2.